The first-order valence-electron chi connectivity index (χ1n) is 10.3. The van der Waals surface area contributed by atoms with Crippen LogP contribution in [0.5, 0.6) is 0 Å². The monoisotopic (exact) mass is 538 g/mol. The van der Waals surface area contributed by atoms with E-state index in [0.717, 1.165) is 22.6 Å². The van der Waals surface area contributed by atoms with Gasteiger partial charge in [-0.05, 0) is 35.9 Å². The predicted molar refractivity (Wildman–Crippen MR) is 138 cm³/mol. The molecule has 34 heavy (non-hydrogen) atoms. The number of nitrogens with zero attached hydrogens (tertiary/aromatic N) is 2. The number of hydrogen-bond acceptors (Lipinski definition) is 6. The fraction of sp³-hybridized carbons (Fsp3) is 0.217. The molecule has 0 unspecified atom stereocenters. The quantitative estimate of drug-likeness (QED) is 0.260. The first-order chi connectivity index (χ1) is 16.3. The van der Waals surface area contributed by atoms with Crippen molar-refractivity contribution in [2.45, 2.75) is 30.7 Å². The molecule has 3 aromatic rings. The van der Waals surface area contributed by atoms with Crippen molar-refractivity contribution in [3.8, 4) is 0 Å². The second-order valence-corrected chi connectivity index (χ2v) is 9.58. The van der Waals surface area contributed by atoms with Crippen LogP contribution in [-0.2, 0) is 11.2 Å². The van der Waals surface area contributed by atoms with Crippen LogP contribution in [0.15, 0.2) is 53.8 Å². The molecule has 0 radical (unpaired) electrons. The number of carbonyl (C=O) groups is 2. The van der Waals surface area contributed by atoms with E-state index in [1.165, 1.54) is 18.6 Å². The van der Waals surface area contributed by atoms with Gasteiger partial charge in [0, 0.05) is 35.6 Å². The van der Waals surface area contributed by atoms with Gasteiger partial charge in [-0.1, -0.05) is 53.9 Å². The number of nitrogens with one attached hydrogen (secondary N) is 2. The summed E-state index contributed by atoms with van der Waals surface area (Å²) < 4.78 is 0. The Labute approximate surface area is 216 Å². The molecule has 178 valence electrons. The summed E-state index contributed by atoms with van der Waals surface area (Å²) in [5.41, 5.74) is 1.39. The van der Waals surface area contributed by atoms with Crippen LogP contribution in [0, 0.1) is 0 Å². The van der Waals surface area contributed by atoms with Gasteiger partial charge in [0.25, 0.3) is 5.91 Å². The van der Waals surface area contributed by atoms with E-state index < -0.39 is 17.9 Å². The second-order valence-electron chi connectivity index (χ2n) is 7.22. The van der Waals surface area contributed by atoms with Crippen LogP contribution < -0.4 is 10.6 Å². The fourth-order valence-corrected chi connectivity index (χ4v) is 4.59. The molecule has 7 nitrogen and oxygen atoms in total. The standard InChI is InChI=1S/C23H21Cl3N4O3S/c1-2-7-34-19-9-20(28-12-15(19)24)30-18(23(32)33)8-13-3-5-14(6-4-13)29-22(31)21-16(25)10-27-11-17(21)26/h3-6,9-12,18H,2,7-8H2,1H3,(H,28,30)(H,29,31)(H,32,33)/t18-/m0/s1. The summed E-state index contributed by atoms with van der Waals surface area (Å²) in [6.07, 6.45) is 5.38. The molecule has 3 rings (SSSR count). The lowest BCUT2D eigenvalue weighted by atomic mass is 10.1. The van der Waals surface area contributed by atoms with Crippen molar-refractivity contribution in [1.82, 2.24) is 9.97 Å². The van der Waals surface area contributed by atoms with Crippen molar-refractivity contribution in [1.29, 1.82) is 0 Å². The van der Waals surface area contributed by atoms with Crippen molar-refractivity contribution in [2.75, 3.05) is 16.4 Å². The number of pyridine rings is 2. The molecule has 1 amide bonds. The molecular formula is C23H21Cl3N4O3S. The van der Waals surface area contributed by atoms with E-state index in [1.54, 1.807) is 42.1 Å². The molecular weight excluding hydrogens is 519 g/mol. The molecule has 3 N–H and O–H groups in total. The maximum atomic E-state index is 12.5. The number of carbonyl (C=O) groups excluding carboxylic acids is 1. The largest absolute Gasteiger partial charge is 0.480 e. The molecule has 2 aromatic heterocycles. The topological polar surface area (TPSA) is 104 Å². The fourth-order valence-electron chi connectivity index (χ4n) is 2.98. The first kappa shape index (κ1) is 26.1. The van der Waals surface area contributed by atoms with Gasteiger partial charge in [-0.3, -0.25) is 9.78 Å². The highest BCUT2D eigenvalue weighted by molar-refractivity contribution is 7.99. The third-order valence-electron chi connectivity index (χ3n) is 4.63. The lowest BCUT2D eigenvalue weighted by molar-refractivity contribution is -0.137. The highest BCUT2D eigenvalue weighted by atomic mass is 35.5. The Bertz CT molecular complexity index is 1160. The van der Waals surface area contributed by atoms with E-state index in [0.29, 0.717) is 16.5 Å². The molecule has 0 spiro atoms. The Kier molecular flexibility index (Phi) is 9.41. The van der Waals surface area contributed by atoms with Gasteiger partial charge in [-0.25, -0.2) is 9.78 Å². The van der Waals surface area contributed by atoms with E-state index >= 15 is 0 Å². The Morgan fingerprint density at radius 1 is 1.06 bits per heavy atom. The van der Waals surface area contributed by atoms with Gasteiger partial charge in [0.05, 0.1) is 20.6 Å². The zero-order chi connectivity index (χ0) is 24.7. The van der Waals surface area contributed by atoms with Crippen LogP contribution in [0.3, 0.4) is 0 Å². The summed E-state index contributed by atoms with van der Waals surface area (Å²) in [6.45, 7) is 2.07. The average Bonchev–Trinajstić information content (AvgIpc) is 2.80. The number of hydrogen-bond donors (Lipinski definition) is 3. The minimum atomic E-state index is -1.01. The number of amides is 1. The molecule has 0 aliphatic carbocycles. The number of aliphatic carboxylic acids is 1. The summed E-state index contributed by atoms with van der Waals surface area (Å²) in [7, 11) is 0. The van der Waals surface area contributed by atoms with Gasteiger partial charge >= 0.3 is 5.97 Å². The smallest absolute Gasteiger partial charge is 0.326 e. The van der Waals surface area contributed by atoms with Crippen molar-refractivity contribution in [3.05, 3.63) is 75.1 Å². The number of thioether (sulfide) groups is 1. The Morgan fingerprint density at radius 2 is 1.74 bits per heavy atom. The summed E-state index contributed by atoms with van der Waals surface area (Å²) in [6, 6.07) is 7.67. The maximum Gasteiger partial charge on any atom is 0.326 e. The maximum absolute atomic E-state index is 12.5. The number of halogens is 3. The van der Waals surface area contributed by atoms with Crippen molar-refractivity contribution in [3.63, 3.8) is 0 Å². The Morgan fingerprint density at radius 3 is 2.35 bits per heavy atom. The van der Waals surface area contributed by atoms with Crippen LogP contribution in [0.4, 0.5) is 11.5 Å². The Balaban J connectivity index is 1.68. The summed E-state index contributed by atoms with van der Waals surface area (Å²) in [4.78, 5) is 33.3. The van der Waals surface area contributed by atoms with E-state index in [-0.39, 0.29) is 22.0 Å². The van der Waals surface area contributed by atoms with Gasteiger partial charge < -0.3 is 15.7 Å². The number of rotatable bonds is 10. The Hall–Kier alpha value is -2.52. The molecule has 1 atom stereocenters. The summed E-state index contributed by atoms with van der Waals surface area (Å²) >= 11 is 19.8. The second kappa shape index (κ2) is 12.3. The normalized spacial score (nSPS) is 11.6. The molecule has 11 heteroatoms. The zero-order valence-electron chi connectivity index (χ0n) is 18.0. The van der Waals surface area contributed by atoms with Crippen LogP contribution in [0.1, 0.15) is 29.3 Å². The number of anilines is 2. The van der Waals surface area contributed by atoms with Gasteiger partial charge in [0.15, 0.2) is 0 Å². The lowest BCUT2D eigenvalue weighted by Gasteiger charge is -2.16. The van der Waals surface area contributed by atoms with E-state index in [9.17, 15) is 14.7 Å². The predicted octanol–water partition coefficient (Wildman–Crippen LogP) is 6.30. The lowest BCUT2D eigenvalue weighted by Crippen LogP contribution is -2.31. The van der Waals surface area contributed by atoms with Gasteiger partial charge in [-0.15, -0.1) is 11.8 Å². The number of carboxylic acids is 1. The third-order valence-corrected chi connectivity index (χ3v) is 6.88. The number of aromatic nitrogens is 2. The average molecular weight is 540 g/mol. The highest BCUT2D eigenvalue weighted by Gasteiger charge is 2.20. The minimum Gasteiger partial charge on any atom is -0.480 e. The molecule has 0 aliphatic heterocycles. The van der Waals surface area contributed by atoms with E-state index in [4.69, 9.17) is 34.8 Å². The van der Waals surface area contributed by atoms with Crippen LogP contribution in [-0.4, -0.2) is 38.7 Å². The molecule has 1 aromatic carbocycles. The SMILES string of the molecule is CCCSc1cc(N[C@@H](Cc2ccc(NC(=O)c3c(Cl)cncc3Cl)cc2)C(=O)O)ncc1Cl. The number of carboxylic acid groups (broad SMARTS) is 1. The molecule has 0 saturated heterocycles. The van der Waals surface area contributed by atoms with Gasteiger partial charge in [-0.2, -0.15) is 0 Å². The highest BCUT2D eigenvalue weighted by Crippen LogP contribution is 2.29. The molecule has 0 saturated carbocycles. The summed E-state index contributed by atoms with van der Waals surface area (Å²) in [5, 5.41) is 16.2. The van der Waals surface area contributed by atoms with E-state index in [2.05, 4.69) is 27.5 Å². The molecule has 0 bridgehead atoms. The van der Waals surface area contributed by atoms with Crippen molar-refractivity contribution < 1.29 is 14.7 Å². The summed E-state index contributed by atoms with van der Waals surface area (Å²) in [5.74, 6) is -0.154. The molecule has 0 fully saturated rings. The van der Waals surface area contributed by atoms with E-state index in [1.807, 2.05) is 0 Å². The van der Waals surface area contributed by atoms with Crippen LogP contribution in [0.25, 0.3) is 0 Å². The van der Waals surface area contributed by atoms with Crippen LogP contribution in [0.2, 0.25) is 15.1 Å². The molecule has 0 aliphatic rings. The van der Waals surface area contributed by atoms with Crippen molar-refractivity contribution in [2.24, 2.45) is 0 Å². The van der Waals surface area contributed by atoms with Crippen molar-refractivity contribution >= 4 is 69.9 Å². The minimum absolute atomic E-state index is 0.129. The third kappa shape index (κ3) is 6.99. The van der Waals surface area contributed by atoms with Gasteiger partial charge in [0.2, 0.25) is 0 Å². The number of benzene rings is 1. The van der Waals surface area contributed by atoms with Gasteiger partial charge in [0.1, 0.15) is 11.9 Å². The zero-order valence-corrected chi connectivity index (χ0v) is 21.1. The first-order valence-corrected chi connectivity index (χ1v) is 12.4. The van der Waals surface area contributed by atoms with Crippen LogP contribution >= 0.6 is 46.6 Å². The molecule has 2 heterocycles.